The van der Waals surface area contributed by atoms with Crippen LogP contribution in [0, 0.1) is 5.82 Å². The van der Waals surface area contributed by atoms with Crippen molar-refractivity contribution >= 4 is 18.0 Å². The minimum Gasteiger partial charge on any atom is -0.343 e. The van der Waals surface area contributed by atoms with Gasteiger partial charge in [-0.05, 0) is 24.3 Å². The highest BCUT2D eigenvalue weighted by Gasteiger charge is 2.08. The average molecular weight is 300 g/mol. The lowest BCUT2D eigenvalue weighted by atomic mass is 10.2. The molecular formula is C15H13FN4O2. The van der Waals surface area contributed by atoms with Gasteiger partial charge in [-0.25, -0.2) is 9.82 Å². The Morgan fingerprint density at radius 1 is 1.27 bits per heavy atom. The van der Waals surface area contributed by atoms with E-state index in [1.54, 1.807) is 24.5 Å². The molecule has 0 atom stereocenters. The predicted molar refractivity (Wildman–Crippen MR) is 78.7 cm³/mol. The van der Waals surface area contributed by atoms with E-state index in [-0.39, 0.29) is 12.1 Å². The summed E-state index contributed by atoms with van der Waals surface area (Å²) in [4.78, 5) is 27.1. The van der Waals surface area contributed by atoms with Crippen molar-refractivity contribution in [3.63, 3.8) is 0 Å². The van der Waals surface area contributed by atoms with E-state index in [4.69, 9.17) is 0 Å². The Hall–Kier alpha value is -3.09. The van der Waals surface area contributed by atoms with Crippen LogP contribution in [0.5, 0.6) is 0 Å². The molecule has 0 fully saturated rings. The molecule has 1 aromatic heterocycles. The van der Waals surface area contributed by atoms with E-state index < -0.39 is 17.6 Å². The first-order valence-corrected chi connectivity index (χ1v) is 6.41. The standard InChI is InChI=1S/C15H13FN4O2/c16-13-5-1-4-12(7-13)15(22)18-10-14(21)20-19-9-11-3-2-6-17-8-11/h1-9H,10H2,(H,18,22)(H,20,21). The molecule has 0 aliphatic rings. The van der Waals surface area contributed by atoms with Gasteiger partial charge in [-0.1, -0.05) is 12.1 Å². The third kappa shape index (κ3) is 4.78. The van der Waals surface area contributed by atoms with Crippen LogP contribution in [0.25, 0.3) is 0 Å². The van der Waals surface area contributed by atoms with Gasteiger partial charge in [0.2, 0.25) is 0 Å². The summed E-state index contributed by atoms with van der Waals surface area (Å²) in [6, 6.07) is 8.71. The number of nitrogens with zero attached hydrogens (tertiary/aromatic N) is 2. The van der Waals surface area contributed by atoms with Crippen molar-refractivity contribution in [2.24, 2.45) is 5.10 Å². The molecule has 2 rings (SSSR count). The molecule has 2 amide bonds. The summed E-state index contributed by atoms with van der Waals surface area (Å²) in [5.41, 5.74) is 3.14. The molecule has 0 saturated heterocycles. The van der Waals surface area contributed by atoms with Gasteiger partial charge < -0.3 is 5.32 Å². The smallest absolute Gasteiger partial charge is 0.259 e. The van der Waals surface area contributed by atoms with Crippen LogP contribution in [0.3, 0.4) is 0 Å². The monoisotopic (exact) mass is 300 g/mol. The minimum atomic E-state index is -0.536. The van der Waals surface area contributed by atoms with Crippen LogP contribution >= 0.6 is 0 Å². The molecule has 2 N–H and O–H groups in total. The molecule has 0 saturated carbocycles. The van der Waals surface area contributed by atoms with Crippen molar-refractivity contribution in [2.45, 2.75) is 0 Å². The Labute approximate surface area is 126 Å². The quantitative estimate of drug-likeness (QED) is 0.640. The number of benzene rings is 1. The summed E-state index contributed by atoms with van der Waals surface area (Å²) in [7, 11) is 0. The number of amides is 2. The molecule has 7 heteroatoms. The molecule has 0 unspecified atom stereocenters. The number of carbonyl (C=O) groups is 2. The van der Waals surface area contributed by atoms with Crippen molar-refractivity contribution in [1.29, 1.82) is 0 Å². The number of hydrazone groups is 1. The average Bonchev–Trinajstić information content (AvgIpc) is 2.53. The predicted octanol–water partition coefficient (Wildman–Crippen LogP) is 1.10. The Kier molecular flexibility index (Phi) is 5.31. The zero-order valence-corrected chi connectivity index (χ0v) is 11.5. The van der Waals surface area contributed by atoms with Crippen LogP contribution in [0.2, 0.25) is 0 Å². The van der Waals surface area contributed by atoms with Crippen LogP contribution in [-0.4, -0.2) is 29.6 Å². The fourth-order valence-corrected chi connectivity index (χ4v) is 1.56. The Morgan fingerprint density at radius 3 is 2.86 bits per heavy atom. The SMILES string of the molecule is O=C(CNC(=O)c1cccc(F)c1)NN=Cc1cccnc1. The zero-order chi connectivity index (χ0) is 15.8. The van der Waals surface area contributed by atoms with Crippen LogP contribution in [-0.2, 0) is 4.79 Å². The van der Waals surface area contributed by atoms with Crippen molar-refractivity contribution in [3.8, 4) is 0 Å². The van der Waals surface area contributed by atoms with Gasteiger partial charge in [0.1, 0.15) is 5.82 Å². The number of hydrogen-bond acceptors (Lipinski definition) is 4. The molecule has 1 aromatic carbocycles. The number of rotatable bonds is 5. The summed E-state index contributed by atoms with van der Waals surface area (Å²) in [5.74, 6) is -1.55. The molecule has 6 nitrogen and oxygen atoms in total. The number of pyridine rings is 1. The fourth-order valence-electron chi connectivity index (χ4n) is 1.56. The summed E-state index contributed by atoms with van der Waals surface area (Å²) < 4.78 is 13.0. The summed E-state index contributed by atoms with van der Waals surface area (Å²) >= 11 is 0. The van der Waals surface area contributed by atoms with E-state index >= 15 is 0 Å². The van der Waals surface area contributed by atoms with Crippen molar-refractivity contribution in [2.75, 3.05) is 6.54 Å². The molecule has 0 radical (unpaired) electrons. The maximum atomic E-state index is 13.0. The highest BCUT2D eigenvalue weighted by molar-refractivity contribution is 5.96. The first kappa shape index (κ1) is 15.3. The lowest BCUT2D eigenvalue weighted by Crippen LogP contribution is -2.34. The van der Waals surface area contributed by atoms with Gasteiger partial charge in [-0.3, -0.25) is 14.6 Å². The second kappa shape index (κ2) is 7.63. The van der Waals surface area contributed by atoms with Crippen molar-refractivity contribution in [3.05, 3.63) is 65.7 Å². The van der Waals surface area contributed by atoms with Gasteiger partial charge in [0.25, 0.3) is 11.8 Å². The molecule has 0 bridgehead atoms. The van der Waals surface area contributed by atoms with Crippen LogP contribution < -0.4 is 10.7 Å². The number of aromatic nitrogens is 1. The largest absolute Gasteiger partial charge is 0.343 e. The minimum absolute atomic E-state index is 0.145. The van der Waals surface area contributed by atoms with Gasteiger partial charge in [0.05, 0.1) is 12.8 Å². The maximum absolute atomic E-state index is 13.0. The molecule has 2 aromatic rings. The second-order valence-corrected chi connectivity index (χ2v) is 4.27. The molecule has 0 aliphatic carbocycles. The number of carbonyl (C=O) groups excluding carboxylic acids is 2. The van der Waals surface area contributed by atoms with E-state index in [2.05, 4.69) is 20.8 Å². The van der Waals surface area contributed by atoms with E-state index in [1.807, 2.05) is 0 Å². The third-order valence-corrected chi connectivity index (χ3v) is 2.58. The second-order valence-electron chi connectivity index (χ2n) is 4.27. The van der Waals surface area contributed by atoms with E-state index in [9.17, 15) is 14.0 Å². The lowest BCUT2D eigenvalue weighted by Gasteiger charge is -2.04. The number of nitrogens with one attached hydrogen (secondary N) is 2. The van der Waals surface area contributed by atoms with Crippen molar-refractivity contribution < 1.29 is 14.0 Å². The Morgan fingerprint density at radius 2 is 2.14 bits per heavy atom. The molecule has 0 spiro atoms. The topological polar surface area (TPSA) is 83.5 Å². The summed E-state index contributed by atoms with van der Waals surface area (Å²) in [6.45, 7) is -0.264. The Balaban J connectivity index is 1.78. The van der Waals surface area contributed by atoms with Crippen LogP contribution in [0.4, 0.5) is 4.39 Å². The van der Waals surface area contributed by atoms with Gasteiger partial charge in [0, 0.05) is 23.5 Å². The molecule has 0 aliphatic heterocycles. The first-order valence-electron chi connectivity index (χ1n) is 6.41. The Bertz CT molecular complexity index is 689. The van der Waals surface area contributed by atoms with Gasteiger partial charge >= 0.3 is 0 Å². The van der Waals surface area contributed by atoms with Crippen LogP contribution in [0.15, 0.2) is 53.9 Å². The highest BCUT2D eigenvalue weighted by atomic mass is 19.1. The van der Waals surface area contributed by atoms with Gasteiger partial charge in [-0.15, -0.1) is 0 Å². The van der Waals surface area contributed by atoms with E-state index in [1.165, 1.54) is 24.4 Å². The molecular weight excluding hydrogens is 287 g/mol. The van der Waals surface area contributed by atoms with Gasteiger partial charge in [-0.2, -0.15) is 5.10 Å². The molecule has 112 valence electrons. The zero-order valence-electron chi connectivity index (χ0n) is 11.5. The summed E-state index contributed by atoms with van der Waals surface area (Å²) in [6.07, 6.45) is 4.64. The molecule has 1 heterocycles. The number of halogens is 1. The van der Waals surface area contributed by atoms with E-state index in [0.717, 1.165) is 11.6 Å². The molecule has 22 heavy (non-hydrogen) atoms. The number of hydrogen-bond donors (Lipinski definition) is 2. The normalized spacial score (nSPS) is 10.4. The van der Waals surface area contributed by atoms with Crippen LogP contribution in [0.1, 0.15) is 15.9 Å². The van der Waals surface area contributed by atoms with E-state index in [0.29, 0.717) is 0 Å². The van der Waals surface area contributed by atoms with Gasteiger partial charge in [0.15, 0.2) is 0 Å². The highest BCUT2D eigenvalue weighted by Crippen LogP contribution is 2.02. The summed E-state index contributed by atoms with van der Waals surface area (Å²) in [5, 5.41) is 6.10. The first-order chi connectivity index (χ1) is 10.6. The lowest BCUT2D eigenvalue weighted by molar-refractivity contribution is -0.120. The maximum Gasteiger partial charge on any atom is 0.259 e. The fraction of sp³-hybridized carbons (Fsp3) is 0.0667. The third-order valence-electron chi connectivity index (χ3n) is 2.58. The van der Waals surface area contributed by atoms with Crippen molar-refractivity contribution in [1.82, 2.24) is 15.7 Å².